The van der Waals surface area contributed by atoms with Crippen LogP contribution in [0.1, 0.15) is 0 Å². The minimum Gasteiger partial charge on any atom is -0.457 e. The van der Waals surface area contributed by atoms with Crippen molar-refractivity contribution in [3.8, 4) is 34.1 Å². The molecule has 4 N–H and O–H groups in total. The van der Waals surface area contributed by atoms with Crippen LogP contribution in [0.5, 0.6) is 23.0 Å². The Balaban J connectivity index is 1.20. The van der Waals surface area contributed by atoms with Crippen LogP contribution < -0.4 is 20.9 Å². The number of anilines is 2. The lowest BCUT2D eigenvalue weighted by Crippen LogP contribution is -1.91. The summed E-state index contributed by atoms with van der Waals surface area (Å²) in [7, 11) is 0. The Labute approximate surface area is 209 Å². The average Bonchev–Trinajstić information content (AvgIpc) is 2.93. The summed E-state index contributed by atoms with van der Waals surface area (Å²) in [4.78, 5) is 0. The van der Waals surface area contributed by atoms with Crippen molar-refractivity contribution in [2.45, 2.75) is 0 Å². The highest BCUT2D eigenvalue weighted by Crippen LogP contribution is 2.35. The molecule has 0 radical (unpaired) electrons. The molecule has 0 saturated carbocycles. The summed E-state index contributed by atoms with van der Waals surface area (Å²) in [5.41, 5.74) is 15.9. The Morgan fingerprint density at radius 2 is 0.722 bits per heavy atom. The highest BCUT2D eigenvalue weighted by atomic mass is 16.5. The molecule has 0 fully saturated rings. The van der Waals surface area contributed by atoms with Gasteiger partial charge in [-0.1, -0.05) is 72.8 Å². The minimum absolute atomic E-state index is 0.741. The Morgan fingerprint density at radius 3 is 1.11 bits per heavy atom. The smallest absolute Gasteiger partial charge is 0.135 e. The molecule has 6 aromatic carbocycles. The number of nitrogens with two attached hydrogens (primary N) is 2. The molecule has 0 bridgehead atoms. The molecule has 0 aliphatic heterocycles. The second-order valence-corrected chi connectivity index (χ2v) is 8.65. The van der Waals surface area contributed by atoms with Crippen LogP contribution in [-0.4, -0.2) is 0 Å². The van der Waals surface area contributed by atoms with Crippen molar-refractivity contribution in [2.75, 3.05) is 11.5 Å². The third kappa shape index (κ3) is 4.05. The van der Waals surface area contributed by atoms with E-state index in [0.717, 1.165) is 67.0 Å². The highest BCUT2D eigenvalue weighted by molar-refractivity contribution is 5.98. The molecule has 0 heterocycles. The van der Waals surface area contributed by atoms with Gasteiger partial charge in [0, 0.05) is 32.9 Å². The van der Waals surface area contributed by atoms with Gasteiger partial charge in [0.25, 0.3) is 0 Å². The molecule has 0 aromatic heterocycles. The first kappa shape index (κ1) is 21.6. The van der Waals surface area contributed by atoms with Gasteiger partial charge >= 0.3 is 0 Å². The molecule has 36 heavy (non-hydrogen) atoms. The molecule has 0 saturated heterocycles. The summed E-state index contributed by atoms with van der Waals surface area (Å²) in [6.07, 6.45) is 0. The van der Waals surface area contributed by atoms with Crippen LogP contribution in [0.25, 0.3) is 32.7 Å². The van der Waals surface area contributed by atoms with E-state index in [9.17, 15) is 0 Å². The number of rotatable bonds is 5. The van der Waals surface area contributed by atoms with Gasteiger partial charge in [-0.15, -0.1) is 0 Å². The number of nitrogen functional groups attached to an aromatic ring is 2. The summed E-state index contributed by atoms with van der Waals surface area (Å²) in [6.45, 7) is 0. The van der Waals surface area contributed by atoms with Gasteiger partial charge in [-0.2, -0.15) is 0 Å². The molecule has 4 heteroatoms. The predicted molar refractivity (Wildman–Crippen MR) is 149 cm³/mol. The zero-order valence-electron chi connectivity index (χ0n) is 19.5. The quantitative estimate of drug-likeness (QED) is 0.249. The van der Waals surface area contributed by atoms with Gasteiger partial charge < -0.3 is 20.9 Å². The van der Waals surface area contributed by atoms with Crippen LogP contribution in [0.15, 0.2) is 121 Å². The maximum Gasteiger partial charge on any atom is 0.135 e. The molecule has 0 unspecified atom stereocenters. The summed E-state index contributed by atoms with van der Waals surface area (Å²) in [5, 5.41) is 3.96. The lowest BCUT2D eigenvalue weighted by atomic mass is 10.1. The van der Waals surface area contributed by atoms with Crippen molar-refractivity contribution in [3.63, 3.8) is 0 Å². The lowest BCUT2D eigenvalue weighted by Gasteiger charge is -2.12. The second-order valence-electron chi connectivity index (χ2n) is 8.65. The van der Waals surface area contributed by atoms with Crippen molar-refractivity contribution in [3.05, 3.63) is 121 Å². The fraction of sp³-hybridized carbons (Fsp3) is 0. The van der Waals surface area contributed by atoms with Gasteiger partial charge in [-0.25, -0.2) is 0 Å². The van der Waals surface area contributed by atoms with E-state index in [2.05, 4.69) is 24.3 Å². The van der Waals surface area contributed by atoms with E-state index in [1.165, 1.54) is 0 Å². The van der Waals surface area contributed by atoms with Gasteiger partial charge in [-0.05, 0) is 59.7 Å². The minimum atomic E-state index is 0.741. The van der Waals surface area contributed by atoms with Crippen molar-refractivity contribution in [2.24, 2.45) is 0 Å². The summed E-state index contributed by atoms with van der Waals surface area (Å²) >= 11 is 0. The number of hydrogen-bond acceptors (Lipinski definition) is 4. The Bertz CT molecular complexity index is 1560. The normalized spacial score (nSPS) is 11.0. The van der Waals surface area contributed by atoms with Crippen molar-refractivity contribution in [1.29, 1.82) is 0 Å². The van der Waals surface area contributed by atoms with E-state index in [0.29, 0.717) is 0 Å². The van der Waals surface area contributed by atoms with Crippen LogP contribution in [0.3, 0.4) is 0 Å². The van der Waals surface area contributed by atoms with Crippen molar-refractivity contribution >= 4 is 32.9 Å². The van der Waals surface area contributed by atoms with Gasteiger partial charge in [0.05, 0.1) is 0 Å². The van der Waals surface area contributed by atoms with E-state index in [1.807, 2.05) is 97.1 Å². The first-order chi connectivity index (χ1) is 17.7. The molecule has 0 aliphatic rings. The van der Waals surface area contributed by atoms with Gasteiger partial charge in [0.15, 0.2) is 0 Å². The first-order valence-corrected chi connectivity index (χ1v) is 11.8. The SMILES string of the molecule is Nc1ccc(Oc2ccc(-c3ccc(Oc4ccc(N)c5ccccc45)cc3)cc2)c2ccccc12. The van der Waals surface area contributed by atoms with Crippen LogP contribution in [-0.2, 0) is 0 Å². The predicted octanol–water partition coefficient (Wildman–Crippen LogP) is 8.41. The number of ether oxygens (including phenoxy) is 2. The van der Waals surface area contributed by atoms with Crippen LogP contribution in [0.2, 0.25) is 0 Å². The number of fused-ring (bicyclic) bond motifs is 2. The van der Waals surface area contributed by atoms with Crippen molar-refractivity contribution in [1.82, 2.24) is 0 Å². The zero-order chi connectivity index (χ0) is 24.5. The Morgan fingerprint density at radius 1 is 0.361 bits per heavy atom. The summed E-state index contributed by atoms with van der Waals surface area (Å²) in [5.74, 6) is 3.10. The molecule has 6 aromatic rings. The molecule has 4 nitrogen and oxygen atoms in total. The second kappa shape index (κ2) is 9.01. The van der Waals surface area contributed by atoms with Crippen LogP contribution in [0.4, 0.5) is 11.4 Å². The average molecular weight is 469 g/mol. The highest BCUT2D eigenvalue weighted by Gasteiger charge is 2.08. The third-order valence-electron chi connectivity index (χ3n) is 6.33. The molecule has 0 amide bonds. The van der Waals surface area contributed by atoms with E-state index in [4.69, 9.17) is 20.9 Å². The maximum absolute atomic E-state index is 6.18. The molecule has 174 valence electrons. The van der Waals surface area contributed by atoms with Gasteiger partial charge in [0.1, 0.15) is 23.0 Å². The van der Waals surface area contributed by atoms with E-state index >= 15 is 0 Å². The fourth-order valence-electron chi connectivity index (χ4n) is 4.45. The molecule has 0 aliphatic carbocycles. The first-order valence-electron chi connectivity index (χ1n) is 11.8. The molecule has 6 rings (SSSR count). The monoisotopic (exact) mass is 468 g/mol. The topological polar surface area (TPSA) is 70.5 Å². The lowest BCUT2D eigenvalue weighted by molar-refractivity contribution is 0.488. The van der Waals surface area contributed by atoms with Crippen molar-refractivity contribution < 1.29 is 9.47 Å². The standard InChI is InChI=1S/C32H24N2O2/c33-29-17-19-31(27-7-3-1-5-25(27)29)35-23-13-9-21(10-14-23)22-11-15-24(16-12-22)36-32-20-18-30(34)26-6-2-4-8-28(26)32/h1-20H,33-34H2. The largest absolute Gasteiger partial charge is 0.457 e. The summed E-state index contributed by atoms with van der Waals surface area (Å²) < 4.78 is 12.4. The number of hydrogen-bond donors (Lipinski definition) is 2. The van der Waals surface area contributed by atoms with Crippen LogP contribution >= 0.6 is 0 Å². The molecular formula is C32H24N2O2. The molecule has 0 atom stereocenters. The van der Waals surface area contributed by atoms with Gasteiger partial charge in [0.2, 0.25) is 0 Å². The van der Waals surface area contributed by atoms with E-state index < -0.39 is 0 Å². The maximum atomic E-state index is 6.18. The molecule has 0 spiro atoms. The summed E-state index contributed by atoms with van der Waals surface area (Å²) in [6, 6.07) is 39.7. The third-order valence-corrected chi connectivity index (χ3v) is 6.33. The number of benzene rings is 6. The fourth-order valence-corrected chi connectivity index (χ4v) is 4.45. The molecular weight excluding hydrogens is 444 g/mol. The Kier molecular flexibility index (Phi) is 5.39. The van der Waals surface area contributed by atoms with Crippen LogP contribution in [0, 0.1) is 0 Å². The van der Waals surface area contributed by atoms with E-state index in [-0.39, 0.29) is 0 Å². The zero-order valence-corrected chi connectivity index (χ0v) is 19.5. The Hall–Kier alpha value is -4.96. The van der Waals surface area contributed by atoms with E-state index in [1.54, 1.807) is 0 Å². The van der Waals surface area contributed by atoms with Gasteiger partial charge in [-0.3, -0.25) is 0 Å².